The van der Waals surface area contributed by atoms with Crippen LogP contribution in [-0.2, 0) is 6.54 Å². The Hall–Kier alpha value is -3.33. The first-order valence-corrected chi connectivity index (χ1v) is 10.2. The van der Waals surface area contributed by atoms with Gasteiger partial charge in [0.1, 0.15) is 5.65 Å². The van der Waals surface area contributed by atoms with Crippen LogP contribution in [0.25, 0.3) is 11.0 Å². The van der Waals surface area contributed by atoms with Crippen molar-refractivity contribution in [2.24, 2.45) is 0 Å². The van der Waals surface area contributed by atoms with Crippen LogP contribution in [0.3, 0.4) is 0 Å². The quantitative estimate of drug-likeness (QED) is 0.516. The van der Waals surface area contributed by atoms with Gasteiger partial charge in [0, 0.05) is 68.4 Å². The summed E-state index contributed by atoms with van der Waals surface area (Å²) in [5, 5.41) is 15.3. The lowest BCUT2D eigenvalue weighted by atomic mass is 10.2. The number of rotatable bonds is 7. The molecule has 9 nitrogen and oxygen atoms in total. The maximum Gasteiger partial charge on any atom is 0.404 e. The van der Waals surface area contributed by atoms with E-state index in [1.165, 1.54) is 5.69 Å². The predicted octanol–water partition coefficient (Wildman–Crippen LogP) is 2.58. The molecule has 4 rings (SSSR count). The minimum absolute atomic E-state index is 0.408. The number of aromatic nitrogens is 3. The highest BCUT2D eigenvalue weighted by Crippen LogP contribution is 2.22. The zero-order chi connectivity index (χ0) is 20.9. The number of nitrogens with one attached hydrogen (secondary N) is 2. The number of fused-ring (bicyclic) bond motifs is 1. The SMILES string of the molecule is CN1CCN(c2ccc(Nc3ncc4ccn(CCCNC(=O)O)c4n3)cc2)CC1. The summed E-state index contributed by atoms with van der Waals surface area (Å²) in [6, 6.07) is 10.3. The molecule has 1 aliphatic heterocycles. The van der Waals surface area contributed by atoms with E-state index in [4.69, 9.17) is 5.11 Å². The number of carboxylic acid groups (broad SMARTS) is 1. The third-order valence-electron chi connectivity index (χ3n) is 5.35. The summed E-state index contributed by atoms with van der Waals surface area (Å²) in [7, 11) is 2.16. The number of aryl methyl sites for hydroxylation is 1. The van der Waals surface area contributed by atoms with E-state index in [-0.39, 0.29) is 0 Å². The average Bonchev–Trinajstić information content (AvgIpc) is 3.15. The molecule has 9 heteroatoms. The zero-order valence-electron chi connectivity index (χ0n) is 17.1. The van der Waals surface area contributed by atoms with E-state index in [0.29, 0.717) is 25.5 Å². The average molecular weight is 409 g/mol. The Balaban J connectivity index is 1.41. The smallest absolute Gasteiger partial charge is 0.404 e. The molecule has 3 N–H and O–H groups in total. The molecular weight excluding hydrogens is 382 g/mol. The minimum atomic E-state index is -1.00. The lowest BCUT2D eigenvalue weighted by Gasteiger charge is -2.34. The molecule has 158 valence electrons. The largest absolute Gasteiger partial charge is 0.465 e. The number of carbonyl (C=O) groups is 1. The molecule has 1 aromatic carbocycles. The van der Waals surface area contributed by atoms with E-state index in [9.17, 15) is 4.79 Å². The van der Waals surface area contributed by atoms with Crippen molar-refractivity contribution in [3.8, 4) is 0 Å². The van der Waals surface area contributed by atoms with E-state index < -0.39 is 6.09 Å². The Morgan fingerprint density at radius 1 is 1.13 bits per heavy atom. The maximum atomic E-state index is 10.6. The summed E-state index contributed by atoms with van der Waals surface area (Å²) in [5.74, 6) is 0.540. The maximum absolute atomic E-state index is 10.6. The zero-order valence-corrected chi connectivity index (χ0v) is 17.1. The Morgan fingerprint density at radius 3 is 2.63 bits per heavy atom. The van der Waals surface area contributed by atoms with E-state index in [2.05, 4.69) is 61.7 Å². The van der Waals surface area contributed by atoms with E-state index in [0.717, 1.165) is 42.9 Å². The van der Waals surface area contributed by atoms with Crippen molar-refractivity contribution in [3.05, 3.63) is 42.7 Å². The van der Waals surface area contributed by atoms with Gasteiger partial charge >= 0.3 is 6.09 Å². The van der Waals surface area contributed by atoms with Crippen molar-refractivity contribution in [1.82, 2.24) is 24.8 Å². The third kappa shape index (κ3) is 4.80. The molecule has 3 heterocycles. The fourth-order valence-corrected chi connectivity index (χ4v) is 3.61. The van der Waals surface area contributed by atoms with Crippen LogP contribution < -0.4 is 15.5 Å². The minimum Gasteiger partial charge on any atom is -0.465 e. The molecule has 30 heavy (non-hydrogen) atoms. The summed E-state index contributed by atoms with van der Waals surface area (Å²) in [4.78, 5) is 24.4. The lowest BCUT2D eigenvalue weighted by molar-refractivity contribution is 0.194. The number of amides is 1. The summed E-state index contributed by atoms with van der Waals surface area (Å²) in [6.45, 7) is 5.34. The van der Waals surface area contributed by atoms with Gasteiger partial charge in [0.25, 0.3) is 0 Å². The molecule has 1 amide bonds. The number of hydrogen-bond donors (Lipinski definition) is 3. The van der Waals surface area contributed by atoms with Crippen molar-refractivity contribution in [2.75, 3.05) is 50.0 Å². The van der Waals surface area contributed by atoms with Gasteiger partial charge in [0.15, 0.2) is 0 Å². The first-order chi connectivity index (χ1) is 14.6. The Labute approximate surface area is 175 Å². The van der Waals surface area contributed by atoms with Crippen LogP contribution in [0, 0.1) is 0 Å². The monoisotopic (exact) mass is 409 g/mol. The van der Waals surface area contributed by atoms with Crippen molar-refractivity contribution < 1.29 is 9.90 Å². The van der Waals surface area contributed by atoms with Gasteiger partial charge in [-0.05, 0) is 43.8 Å². The first kappa shape index (κ1) is 20.0. The number of anilines is 3. The van der Waals surface area contributed by atoms with Gasteiger partial charge in [-0.3, -0.25) is 0 Å². The van der Waals surface area contributed by atoms with Gasteiger partial charge in [-0.1, -0.05) is 0 Å². The van der Waals surface area contributed by atoms with E-state index >= 15 is 0 Å². The molecule has 2 aromatic heterocycles. The van der Waals surface area contributed by atoms with Gasteiger partial charge < -0.3 is 30.1 Å². The second-order valence-corrected chi connectivity index (χ2v) is 7.53. The fourth-order valence-electron chi connectivity index (χ4n) is 3.61. The molecule has 0 spiro atoms. The molecule has 0 saturated carbocycles. The molecule has 0 unspecified atom stereocenters. The Bertz CT molecular complexity index is 994. The van der Waals surface area contributed by atoms with Crippen LogP contribution >= 0.6 is 0 Å². The van der Waals surface area contributed by atoms with Crippen LogP contribution in [-0.4, -0.2) is 70.4 Å². The second kappa shape index (κ2) is 9.00. The van der Waals surface area contributed by atoms with Crippen LogP contribution in [0.1, 0.15) is 6.42 Å². The normalized spacial score (nSPS) is 14.8. The summed E-state index contributed by atoms with van der Waals surface area (Å²) in [6.07, 6.45) is 3.44. The number of likely N-dealkylation sites (N-methyl/N-ethyl adjacent to an activating group) is 1. The predicted molar refractivity (Wildman–Crippen MR) is 118 cm³/mol. The molecule has 0 aliphatic carbocycles. The van der Waals surface area contributed by atoms with Gasteiger partial charge in [0.05, 0.1) is 0 Å². The summed E-state index contributed by atoms with van der Waals surface area (Å²) >= 11 is 0. The topological polar surface area (TPSA) is 98.6 Å². The number of nitrogens with zero attached hydrogens (tertiary/aromatic N) is 5. The van der Waals surface area contributed by atoms with E-state index in [1.54, 1.807) is 6.20 Å². The molecule has 0 bridgehead atoms. The second-order valence-electron chi connectivity index (χ2n) is 7.53. The molecule has 1 saturated heterocycles. The standard InChI is InChI=1S/C21H27N7O2/c1-26-11-13-27(14-12-26)18-5-3-17(4-6-18)24-20-23-15-16-7-10-28(19(16)25-20)9-2-8-22-21(29)30/h3-7,10,15,22H,2,8-9,11-14H2,1H3,(H,29,30)(H,23,24,25). The molecule has 0 radical (unpaired) electrons. The van der Waals surface area contributed by atoms with Crippen molar-refractivity contribution >= 4 is 34.4 Å². The van der Waals surface area contributed by atoms with Crippen LogP contribution in [0.2, 0.25) is 0 Å². The van der Waals surface area contributed by atoms with E-state index in [1.807, 2.05) is 16.8 Å². The van der Waals surface area contributed by atoms with Gasteiger partial charge in [-0.25, -0.2) is 9.78 Å². The molecule has 3 aromatic rings. The van der Waals surface area contributed by atoms with Crippen molar-refractivity contribution in [3.63, 3.8) is 0 Å². The van der Waals surface area contributed by atoms with Crippen LogP contribution in [0.5, 0.6) is 0 Å². The lowest BCUT2D eigenvalue weighted by Crippen LogP contribution is -2.44. The molecule has 1 aliphatic rings. The summed E-state index contributed by atoms with van der Waals surface area (Å²) in [5.41, 5.74) is 3.00. The fraction of sp³-hybridized carbons (Fsp3) is 0.381. The van der Waals surface area contributed by atoms with Gasteiger partial charge in [-0.2, -0.15) is 4.98 Å². The molecular formula is C21H27N7O2. The van der Waals surface area contributed by atoms with Crippen molar-refractivity contribution in [1.29, 1.82) is 0 Å². The van der Waals surface area contributed by atoms with Crippen LogP contribution in [0.15, 0.2) is 42.7 Å². The van der Waals surface area contributed by atoms with Gasteiger partial charge in [-0.15, -0.1) is 0 Å². The highest BCUT2D eigenvalue weighted by Gasteiger charge is 2.14. The number of piperazine rings is 1. The van der Waals surface area contributed by atoms with Crippen LogP contribution in [0.4, 0.5) is 22.1 Å². The molecule has 1 fully saturated rings. The highest BCUT2D eigenvalue weighted by molar-refractivity contribution is 5.77. The molecule has 0 atom stereocenters. The highest BCUT2D eigenvalue weighted by atomic mass is 16.4. The number of benzene rings is 1. The third-order valence-corrected chi connectivity index (χ3v) is 5.35. The van der Waals surface area contributed by atoms with Gasteiger partial charge in [0.2, 0.25) is 5.95 Å². The first-order valence-electron chi connectivity index (χ1n) is 10.2. The number of hydrogen-bond acceptors (Lipinski definition) is 6. The summed E-state index contributed by atoms with van der Waals surface area (Å²) < 4.78 is 2.02. The Morgan fingerprint density at radius 2 is 1.90 bits per heavy atom. The van der Waals surface area contributed by atoms with Crippen molar-refractivity contribution in [2.45, 2.75) is 13.0 Å². The Kier molecular flexibility index (Phi) is 5.99.